The molecule has 0 fully saturated rings. The zero-order valence-corrected chi connectivity index (χ0v) is 6.58. The van der Waals surface area contributed by atoms with Crippen LogP contribution in [0.15, 0.2) is 12.4 Å². The van der Waals surface area contributed by atoms with Gasteiger partial charge < -0.3 is 9.88 Å². The SMILES string of the molecule is c1cn2c(n1)NCCCCC2. The fourth-order valence-electron chi connectivity index (χ4n) is 1.44. The fourth-order valence-corrected chi connectivity index (χ4v) is 1.44. The van der Waals surface area contributed by atoms with Gasteiger partial charge >= 0.3 is 0 Å². The van der Waals surface area contributed by atoms with Gasteiger partial charge in [-0.1, -0.05) is 0 Å². The van der Waals surface area contributed by atoms with E-state index in [1.165, 1.54) is 19.3 Å². The summed E-state index contributed by atoms with van der Waals surface area (Å²) in [6, 6.07) is 0. The maximum atomic E-state index is 4.21. The molecule has 2 rings (SSSR count). The van der Waals surface area contributed by atoms with Crippen molar-refractivity contribution in [1.82, 2.24) is 9.55 Å². The van der Waals surface area contributed by atoms with Crippen LogP contribution in [-0.2, 0) is 6.54 Å². The Balaban J connectivity index is 2.18. The summed E-state index contributed by atoms with van der Waals surface area (Å²) in [4.78, 5) is 4.21. The first kappa shape index (κ1) is 6.70. The second kappa shape index (κ2) is 2.95. The minimum absolute atomic E-state index is 1.03. The first-order chi connectivity index (χ1) is 5.47. The van der Waals surface area contributed by atoms with Crippen molar-refractivity contribution in [3.05, 3.63) is 12.4 Å². The molecule has 0 unspecified atom stereocenters. The van der Waals surface area contributed by atoms with E-state index in [2.05, 4.69) is 14.9 Å². The maximum absolute atomic E-state index is 4.21. The molecule has 0 spiro atoms. The van der Waals surface area contributed by atoms with Gasteiger partial charge in [0.15, 0.2) is 0 Å². The van der Waals surface area contributed by atoms with E-state index in [0.717, 1.165) is 19.0 Å². The van der Waals surface area contributed by atoms with Crippen LogP contribution in [0.25, 0.3) is 0 Å². The van der Waals surface area contributed by atoms with Crippen molar-refractivity contribution >= 4 is 5.95 Å². The molecule has 1 aromatic heterocycles. The van der Waals surface area contributed by atoms with Crippen molar-refractivity contribution in [2.24, 2.45) is 0 Å². The van der Waals surface area contributed by atoms with Gasteiger partial charge in [0, 0.05) is 25.5 Å². The summed E-state index contributed by atoms with van der Waals surface area (Å²) in [6.45, 7) is 2.18. The summed E-state index contributed by atoms with van der Waals surface area (Å²) in [5, 5.41) is 3.30. The van der Waals surface area contributed by atoms with Crippen molar-refractivity contribution in [1.29, 1.82) is 0 Å². The number of imidazole rings is 1. The highest BCUT2D eigenvalue weighted by atomic mass is 15.2. The molecule has 60 valence electrons. The lowest BCUT2D eigenvalue weighted by Crippen LogP contribution is -2.12. The smallest absolute Gasteiger partial charge is 0.202 e. The van der Waals surface area contributed by atoms with Crippen molar-refractivity contribution in [3.63, 3.8) is 0 Å². The summed E-state index contributed by atoms with van der Waals surface area (Å²) < 4.78 is 2.18. The van der Waals surface area contributed by atoms with Gasteiger partial charge in [0.05, 0.1) is 0 Å². The lowest BCUT2D eigenvalue weighted by Gasteiger charge is -2.12. The normalized spacial score (nSPS) is 17.8. The molecule has 0 atom stereocenters. The molecule has 3 heteroatoms. The van der Waals surface area contributed by atoms with Gasteiger partial charge in [-0.3, -0.25) is 0 Å². The first-order valence-corrected chi connectivity index (χ1v) is 4.22. The molecule has 1 N–H and O–H groups in total. The molecule has 0 aromatic carbocycles. The second-order valence-corrected chi connectivity index (χ2v) is 2.93. The van der Waals surface area contributed by atoms with Gasteiger partial charge in [0.25, 0.3) is 0 Å². The van der Waals surface area contributed by atoms with Gasteiger partial charge in [-0.25, -0.2) is 4.98 Å². The summed E-state index contributed by atoms with van der Waals surface area (Å²) in [5.41, 5.74) is 0. The summed E-state index contributed by atoms with van der Waals surface area (Å²) in [6.07, 6.45) is 7.77. The molecule has 0 aliphatic carbocycles. The number of nitrogens with zero attached hydrogens (tertiary/aromatic N) is 2. The van der Waals surface area contributed by atoms with Crippen LogP contribution in [-0.4, -0.2) is 16.1 Å². The van der Waals surface area contributed by atoms with Crippen molar-refractivity contribution in [2.75, 3.05) is 11.9 Å². The molecular formula is C8H13N3. The number of aromatic nitrogens is 2. The Morgan fingerprint density at radius 2 is 2.36 bits per heavy atom. The third kappa shape index (κ3) is 1.37. The molecule has 0 radical (unpaired) electrons. The Morgan fingerprint density at radius 1 is 1.36 bits per heavy atom. The van der Waals surface area contributed by atoms with Gasteiger partial charge in [0.2, 0.25) is 5.95 Å². The third-order valence-corrected chi connectivity index (χ3v) is 2.07. The minimum atomic E-state index is 1.03. The number of anilines is 1. The molecular weight excluding hydrogens is 138 g/mol. The third-order valence-electron chi connectivity index (χ3n) is 2.07. The fraction of sp³-hybridized carbons (Fsp3) is 0.625. The Labute approximate surface area is 66.4 Å². The van der Waals surface area contributed by atoms with Crippen molar-refractivity contribution in [2.45, 2.75) is 25.8 Å². The molecule has 0 bridgehead atoms. The number of hydrogen-bond donors (Lipinski definition) is 1. The number of rotatable bonds is 0. The van der Waals surface area contributed by atoms with Crippen LogP contribution in [0.1, 0.15) is 19.3 Å². The molecule has 1 aliphatic heterocycles. The van der Waals surface area contributed by atoms with Gasteiger partial charge in [-0.05, 0) is 19.3 Å². The number of hydrogen-bond acceptors (Lipinski definition) is 2. The van der Waals surface area contributed by atoms with Crippen LogP contribution in [0.2, 0.25) is 0 Å². The average molecular weight is 151 g/mol. The Kier molecular flexibility index (Phi) is 1.79. The minimum Gasteiger partial charge on any atom is -0.356 e. The number of aryl methyl sites for hydroxylation is 1. The van der Waals surface area contributed by atoms with Crippen LogP contribution in [0.5, 0.6) is 0 Å². The highest BCUT2D eigenvalue weighted by Crippen LogP contribution is 2.10. The first-order valence-electron chi connectivity index (χ1n) is 4.22. The lowest BCUT2D eigenvalue weighted by molar-refractivity contribution is 0.579. The molecule has 0 saturated heterocycles. The van der Waals surface area contributed by atoms with E-state index in [0.29, 0.717) is 0 Å². The Hall–Kier alpha value is -0.990. The predicted molar refractivity (Wildman–Crippen MR) is 44.6 cm³/mol. The predicted octanol–water partition coefficient (Wildman–Crippen LogP) is 1.48. The van der Waals surface area contributed by atoms with E-state index < -0.39 is 0 Å². The molecule has 3 nitrogen and oxygen atoms in total. The summed E-state index contributed by atoms with van der Waals surface area (Å²) in [5.74, 6) is 1.03. The Bertz CT molecular complexity index is 206. The van der Waals surface area contributed by atoms with Crippen LogP contribution >= 0.6 is 0 Å². The zero-order chi connectivity index (χ0) is 7.52. The van der Waals surface area contributed by atoms with Crippen molar-refractivity contribution in [3.8, 4) is 0 Å². The molecule has 0 saturated carbocycles. The largest absolute Gasteiger partial charge is 0.356 e. The van der Waals surface area contributed by atoms with Crippen molar-refractivity contribution < 1.29 is 0 Å². The number of fused-ring (bicyclic) bond motifs is 1. The highest BCUT2D eigenvalue weighted by molar-refractivity contribution is 5.25. The van der Waals surface area contributed by atoms with Gasteiger partial charge in [-0.15, -0.1) is 0 Å². The number of nitrogens with one attached hydrogen (secondary N) is 1. The second-order valence-electron chi connectivity index (χ2n) is 2.93. The quantitative estimate of drug-likeness (QED) is 0.608. The average Bonchev–Trinajstić information content (AvgIpc) is 2.35. The monoisotopic (exact) mass is 151 g/mol. The maximum Gasteiger partial charge on any atom is 0.202 e. The van der Waals surface area contributed by atoms with Crippen LogP contribution in [0.3, 0.4) is 0 Å². The Morgan fingerprint density at radius 3 is 3.36 bits per heavy atom. The van der Waals surface area contributed by atoms with E-state index in [1.807, 2.05) is 12.4 Å². The van der Waals surface area contributed by atoms with E-state index in [9.17, 15) is 0 Å². The topological polar surface area (TPSA) is 29.9 Å². The molecule has 11 heavy (non-hydrogen) atoms. The van der Waals surface area contributed by atoms with Crippen LogP contribution < -0.4 is 5.32 Å². The van der Waals surface area contributed by atoms with Gasteiger partial charge in [-0.2, -0.15) is 0 Å². The lowest BCUT2D eigenvalue weighted by atomic mass is 10.2. The van der Waals surface area contributed by atoms with E-state index in [1.54, 1.807) is 0 Å². The highest BCUT2D eigenvalue weighted by Gasteiger charge is 2.03. The van der Waals surface area contributed by atoms with E-state index in [-0.39, 0.29) is 0 Å². The molecule has 2 heterocycles. The summed E-state index contributed by atoms with van der Waals surface area (Å²) in [7, 11) is 0. The standard InChI is InChI=1S/C8H13N3/c1-2-4-9-8-10-5-7-11(8)6-3-1/h5,7H,1-4,6H2,(H,9,10). The van der Waals surface area contributed by atoms with Crippen LogP contribution in [0, 0.1) is 0 Å². The van der Waals surface area contributed by atoms with Gasteiger partial charge in [0.1, 0.15) is 0 Å². The molecule has 1 aliphatic rings. The molecule has 0 amide bonds. The van der Waals surface area contributed by atoms with E-state index in [4.69, 9.17) is 0 Å². The van der Waals surface area contributed by atoms with E-state index >= 15 is 0 Å². The summed E-state index contributed by atoms with van der Waals surface area (Å²) >= 11 is 0. The van der Waals surface area contributed by atoms with Crippen LogP contribution in [0.4, 0.5) is 5.95 Å². The molecule has 1 aromatic rings. The zero-order valence-electron chi connectivity index (χ0n) is 6.58.